The molecular formula is C26H29N3O4. The smallest absolute Gasteiger partial charge is 0.229 e. The van der Waals surface area contributed by atoms with Crippen molar-refractivity contribution in [2.45, 2.75) is 45.1 Å². The molecule has 2 fully saturated rings. The quantitative estimate of drug-likeness (QED) is 0.766. The summed E-state index contributed by atoms with van der Waals surface area (Å²) in [6, 6.07) is 13.1. The molecule has 0 aromatic heterocycles. The molecule has 0 spiro atoms. The van der Waals surface area contributed by atoms with Crippen LogP contribution in [0.15, 0.2) is 42.5 Å². The number of anilines is 3. The Labute approximate surface area is 193 Å². The zero-order valence-corrected chi connectivity index (χ0v) is 19.1. The first-order chi connectivity index (χ1) is 15.8. The lowest BCUT2D eigenvalue weighted by atomic mass is 9.93. The third-order valence-electron chi connectivity index (χ3n) is 6.65. The highest BCUT2D eigenvalue weighted by Gasteiger charge is 2.36. The summed E-state index contributed by atoms with van der Waals surface area (Å²) in [4.78, 5) is 42.1. The van der Waals surface area contributed by atoms with Gasteiger partial charge in [-0.1, -0.05) is 0 Å². The van der Waals surface area contributed by atoms with Gasteiger partial charge < -0.3 is 19.9 Å². The highest BCUT2D eigenvalue weighted by Crippen LogP contribution is 2.35. The maximum absolute atomic E-state index is 12.9. The molecule has 0 bridgehead atoms. The van der Waals surface area contributed by atoms with Crippen molar-refractivity contribution in [1.29, 1.82) is 0 Å². The Hall–Kier alpha value is -3.35. The molecule has 1 atom stereocenters. The lowest BCUT2D eigenvalue weighted by Gasteiger charge is -2.31. The number of nitrogens with one attached hydrogen (secondary N) is 1. The average molecular weight is 448 g/mol. The summed E-state index contributed by atoms with van der Waals surface area (Å²) < 4.78 is 5.88. The van der Waals surface area contributed by atoms with Gasteiger partial charge in [0.2, 0.25) is 11.8 Å². The Kier molecular flexibility index (Phi) is 5.35. The number of carbonyl (C=O) groups excluding carboxylic acids is 3. The molecule has 33 heavy (non-hydrogen) atoms. The van der Waals surface area contributed by atoms with Gasteiger partial charge in [-0.25, -0.2) is 0 Å². The fraction of sp³-hybridized carbons (Fsp3) is 0.423. The minimum Gasteiger partial charge on any atom is -0.487 e. The van der Waals surface area contributed by atoms with Gasteiger partial charge in [-0.3, -0.25) is 14.4 Å². The second-order valence-electron chi connectivity index (χ2n) is 9.78. The molecule has 0 aliphatic carbocycles. The van der Waals surface area contributed by atoms with Crippen molar-refractivity contribution in [3.8, 4) is 5.75 Å². The van der Waals surface area contributed by atoms with Gasteiger partial charge in [0.25, 0.3) is 0 Å². The van der Waals surface area contributed by atoms with E-state index >= 15 is 0 Å². The monoisotopic (exact) mass is 447 g/mol. The second-order valence-corrected chi connectivity index (χ2v) is 9.78. The lowest BCUT2D eigenvalue weighted by molar-refractivity contribution is -0.122. The van der Waals surface area contributed by atoms with Crippen molar-refractivity contribution >= 4 is 34.7 Å². The van der Waals surface area contributed by atoms with E-state index < -0.39 is 11.5 Å². The first-order valence-electron chi connectivity index (χ1n) is 11.6. The van der Waals surface area contributed by atoms with E-state index in [4.69, 9.17) is 4.74 Å². The van der Waals surface area contributed by atoms with Gasteiger partial charge in [-0.05, 0) is 69.2 Å². The van der Waals surface area contributed by atoms with Crippen molar-refractivity contribution in [2.75, 3.05) is 34.8 Å². The van der Waals surface area contributed by atoms with Gasteiger partial charge in [0.15, 0.2) is 5.78 Å². The molecule has 1 unspecified atom stereocenters. The molecule has 7 heteroatoms. The number of hydrogen-bond donors (Lipinski definition) is 1. The van der Waals surface area contributed by atoms with Gasteiger partial charge >= 0.3 is 0 Å². The lowest BCUT2D eigenvalue weighted by Crippen LogP contribution is -2.36. The molecule has 3 aliphatic rings. The van der Waals surface area contributed by atoms with E-state index in [1.807, 2.05) is 26.0 Å². The fourth-order valence-electron chi connectivity index (χ4n) is 4.93. The average Bonchev–Trinajstić information content (AvgIpc) is 3.44. The van der Waals surface area contributed by atoms with E-state index in [2.05, 4.69) is 22.3 Å². The van der Waals surface area contributed by atoms with E-state index in [0.717, 1.165) is 18.8 Å². The molecule has 3 heterocycles. The summed E-state index contributed by atoms with van der Waals surface area (Å²) >= 11 is 0. The molecule has 172 valence electrons. The maximum Gasteiger partial charge on any atom is 0.229 e. The summed E-state index contributed by atoms with van der Waals surface area (Å²) in [5.74, 6) is -0.187. The van der Waals surface area contributed by atoms with Crippen LogP contribution in [-0.4, -0.2) is 42.8 Å². The largest absolute Gasteiger partial charge is 0.487 e. The summed E-state index contributed by atoms with van der Waals surface area (Å²) in [6.45, 7) is 6.25. The topological polar surface area (TPSA) is 79.0 Å². The van der Waals surface area contributed by atoms with Crippen LogP contribution in [0.3, 0.4) is 0 Å². The van der Waals surface area contributed by atoms with Crippen molar-refractivity contribution < 1.29 is 19.1 Å². The predicted octanol–water partition coefficient (Wildman–Crippen LogP) is 4.02. The minimum absolute atomic E-state index is 0.00283. The summed E-state index contributed by atoms with van der Waals surface area (Å²) in [6.07, 6.45) is 2.89. The number of Topliss-reactive ketones (excluding diaryl/α,β-unsaturated/α-hetero) is 1. The van der Waals surface area contributed by atoms with Crippen LogP contribution in [-0.2, 0) is 9.59 Å². The van der Waals surface area contributed by atoms with Gasteiger partial charge in [0.05, 0.1) is 17.9 Å². The summed E-state index contributed by atoms with van der Waals surface area (Å²) in [5.41, 5.74) is 2.48. The molecule has 7 nitrogen and oxygen atoms in total. The Morgan fingerprint density at radius 2 is 1.73 bits per heavy atom. The first kappa shape index (κ1) is 21.5. The molecule has 5 rings (SSSR count). The molecule has 0 radical (unpaired) electrons. The van der Waals surface area contributed by atoms with Gasteiger partial charge in [-0.15, -0.1) is 0 Å². The molecule has 1 N–H and O–H groups in total. The predicted molar refractivity (Wildman–Crippen MR) is 127 cm³/mol. The normalized spacial score (nSPS) is 21.7. The zero-order valence-electron chi connectivity index (χ0n) is 19.1. The Bertz CT molecular complexity index is 1100. The number of ether oxygens (including phenoxy) is 1. The molecule has 2 amide bonds. The van der Waals surface area contributed by atoms with Crippen LogP contribution in [0, 0.1) is 5.92 Å². The molecule has 2 aromatic rings. The molecule has 2 saturated heterocycles. The highest BCUT2D eigenvalue weighted by molar-refractivity contribution is 6.05. The van der Waals surface area contributed by atoms with E-state index in [1.165, 1.54) is 18.5 Å². The van der Waals surface area contributed by atoms with E-state index in [0.29, 0.717) is 30.0 Å². The van der Waals surface area contributed by atoms with Crippen molar-refractivity contribution in [2.24, 2.45) is 5.92 Å². The van der Waals surface area contributed by atoms with E-state index in [1.54, 1.807) is 23.1 Å². The van der Waals surface area contributed by atoms with Crippen LogP contribution in [0.2, 0.25) is 0 Å². The fourth-order valence-corrected chi connectivity index (χ4v) is 4.93. The van der Waals surface area contributed by atoms with Crippen LogP contribution in [0.1, 0.15) is 49.9 Å². The van der Waals surface area contributed by atoms with Crippen molar-refractivity contribution in [3.05, 3.63) is 48.0 Å². The van der Waals surface area contributed by atoms with E-state index in [-0.39, 0.29) is 24.0 Å². The number of nitrogens with zero attached hydrogens (tertiary/aromatic N) is 2. The number of rotatable bonds is 4. The first-order valence-corrected chi connectivity index (χ1v) is 11.6. The number of ketones is 1. The molecule has 2 aromatic carbocycles. The third kappa shape index (κ3) is 4.32. The molecule has 3 aliphatic heterocycles. The summed E-state index contributed by atoms with van der Waals surface area (Å²) in [7, 11) is 0. The van der Waals surface area contributed by atoms with Crippen LogP contribution in [0.4, 0.5) is 17.1 Å². The Morgan fingerprint density at radius 1 is 1.03 bits per heavy atom. The number of fused-ring (bicyclic) bond motifs is 1. The number of amides is 2. The minimum atomic E-state index is -0.533. The number of benzene rings is 2. The molecule has 0 saturated carbocycles. The maximum atomic E-state index is 12.9. The SMILES string of the molecule is CC1(C)CC(=O)c2cc(NC(=O)C3CC(=O)N(c4ccc(N5CCCC5)cc4)C3)ccc2O1. The zero-order chi connectivity index (χ0) is 23.2. The van der Waals surface area contributed by atoms with E-state index in [9.17, 15) is 14.4 Å². The Morgan fingerprint density at radius 3 is 2.45 bits per heavy atom. The van der Waals surface area contributed by atoms with Crippen LogP contribution < -0.4 is 19.9 Å². The van der Waals surface area contributed by atoms with Gasteiger partial charge in [0, 0.05) is 43.1 Å². The van der Waals surface area contributed by atoms with Gasteiger partial charge in [0.1, 0.15) is 11.4 Å². The second kappa shape index (κ2) is 8.21. The van der Waals surface area contributed by atoms with Crippen molar-refractivity contribution in [3.63, 3.8) is 0 Å². The van der Waals surface area contributed by atoms with Crippen LogP contribution >= 0.6 is 0 Å². The van der Waals surface area contributed by atoms with Crippen LogP contribution in [0.25, 0.3) is 0 Å². The number of carbonyl (C=O) groups is 3. The molecular weight excluding hydrogens is 418 g/mol. The van der Waals surface area contributed by atoms with Gasteiger partial charge in [-0.2, -0.15) is 0 Å². The highest BCUT2D eigenvalue weighted by atomic mass is 16.5. The van der Waals surface area contributed by atoms with Crippen molar-refractivity contribution in [1.82, 2.24) is 0 Å². The third-order valence-corrected chi connectivity index (χ3v) is 6.65. The Balaban J connectivity index is 1.25. The number of hydrogen-bond acceptors (Lipinski definition) is 5. The summed E-state index contributed by atoms with van der Waals surface area (Å²) in [5, 5.41) is 2.88. The standard InChI is InChI=1S/C26H29N3O4/c1-26(2)15-22(30)21-14-18(5-10-23(21)33-26)27-25(32)17-13-24(31)29(16-17)20-8-6-19(7-9-20)28-11-3-4-12-28/h5-10,14,17H,3-4,11-13,15-16H2,1-2H3,(H,27,32). The van der Waals surface area contributed by atoms with Crippen LogP contribution in [0.5, 0.6) is 5.75 Å².